The molecule has 0 aliphatic carbocycles. The van der Waals surface area contributed by atoms with Crippen LogP contribution in [0.2, 0.25) is 0 Å². The highest BCUT2D eigenvalue weighted by molar-refractivity contribution is 9.10. The number of hydrogen-bond acceptors (Lipinski definition) is 5. The van der Waals surface area contributed by atoms with Gasteiger partial charge >= 0.3 is 5.97 Å². The van der Waals surface area contributed by atoms with Crippen molar-refractivity contribution < 1.29 is 9.53 Å². The molecule has 1 aromatic heterocycles. The minimum Gasteiger partial charge on any atom is -0.468 e. The first-order chi connectivity index (χ1) is 7.06. The second-order valence-corrected chi connectivity index (χ2v) is 3.59. The molecule has 1 heterocycles. The Labute approximate surface area is 94.4 Å². The fourth-order valence-corrected chi connectivity index (χ4v) is 1.49. The summed E-state index contributed by atoms with van der Waals surface area (Å²) in [5, 5.41) is 0. The molecule has 0 aromatic carbocycles. The molecule has 0 bridgehead atoms. The van der Waals surface area contributed by atoms with Gasteiger partial charge in [-0.05, 0) is 15.9 Å². The van der Waals surface area contributed by atoms with Crippen LogP contribution in [-0.2, 0) is 9.53 Å². The van der Waals surface area contributed by atoms with Crippen molar-refractivity contribution >= 4 is 27.7 Å². The minimum absolute atomic E-state index is 0.0333. The number of hydrogen-bond donors (Lipinski definition) is 1. The largest absolute Gasteiger partial charge is 0.468 e. The highest BCUT2D eigenvalue weighted by Crippen LogP contribution is 2.16. The Morgan fingerprint density at radius 1 is 1.73 bits per heavy atom. The summed E-state index contributed by atoms with van der Waals surface area (Å²) >= 11 is 3.09. The molecule has 0 aliphatic heterocycles. The molecular formula is C8H10BrN3O3. The van der Waals surface area contributed by atoms with Crippen molar-refractivity contribution in [2.24, 2.45) is 0 Å². The summed E-state index contributed by atoms with van der Waals surface area (Å²) in [7, 11) is 2.94. The van der Waals surface area contributed by atoms with Crippen LogP contribution in [0.4, 0.5) is 5.82 Å². The van der Waals surface area contributed by atoms with Crippen molar-refractivity contribution in [3.63, 3.8) is 0 Å². The van der Waals surface area contributed by atoms with E-state index >= 15 is 0 Å². The smallest absolute Gasteiger partial charge is 0.325 e. The summed E-state index contributed by atoms with van der Waals surface area (Å²) < 4.78 is 4.79. The second-order valence-electron chi connectivity index (χ2n) is 2.80. The molecule has 7 heteroatoms. The molecule has 6 nitrogen and oxygen atoms in total. The molecule has 1 aromatic rings. The van der Waals surface area contributed by atoms with E-state index in [0.717, 1.165) is 0 Å². The average molecular weight is 276 g/mol. The van der Waals surface area contributed by atoms with Crippen LogP contribution in [0.25, 0.3) is 0 Å². The third-order valence-corrected chi connectivity index (χ3v) is 2.45. The SMILES string of the molecule is COC(=O)CN(C)c1nc[nH]c(=O)c1Br. The van der Waals surface area contributed by atoms with E-state index in [-0.39, 0.29) is 16.6 Å². The van der Waals surface area contributed by atoms with Crippen LogP contribution in [-0.4, -0.2) is 36.6 Å². The van der Waals surface area contributed by atoms with Crippen LogP contribution >= 0.6 is 15.9 Å². The lowest BCUT2D eigenvalue weighted by molar-refractivity contribution is -0.138. The maximum absolute atomic E-state index is 11.2. The van der Waals surface area contributed by atoms with Gasteiger partial charge in [0.15, 0.2) is 5.82 Å². The molecule has 1 rings (SSSR count). The fraction of sp³-hybridized carbons (Fsp3) is 0.375. The van der Waals surface area contributed by atoms with E-state index in [1.165, 1.54) is 18.3 Å². The third-order valence-electron chi connectivity index (χ3n) is 1.73. The van der Waals surface area contributed by atoms with E-state index in [1.54, 1.807) is 7.05 Å². The Morgan fingerprint density at radius 2 is 2.40 bits per heavy atom. The molecule has 0 unspecified atom stereocenters. The van der Waals surface area contributed by atoms with E-state index in [2.05, 4.69) is 30.6 Å². The number of rotatable bonds is 3. The standard InChI is InChI=1S/C8H10BrN3O3/c1-12(3-5(13)15-2)7-6(9)8(14)11-4-10-7/h4H,3H2,1-2H3,(H,10,11,14). The van der Waals surface area contributed by atoms with Gasteiger partial charge in [-0.3, -0.25) is 9.59 Å². The van der Waals surface area contributed by atoms with Crippen LogP contribution in [0.3, 0.4) is 0 Å². The van der Waals surface area contributed by atoms with Gasteiger partial charge in [-0.2, -0.15) is 0 Å². The molecule has 0 amide bonds. The molecule has 0 saturated carbocycles. The molecule has 82 valence electrons. The Morgan fingerprint density at radius 3 is 3.00 bits per heavy atom. The Balaban J connectivity index is 2.91. The van der Waals surface area contributed by atoms with E-state index in [4.69, 9.17) is 0 Å². The summed E-state index contributed by atoms with van der Waals surface area (Å²) in [5.41, 5.74) is -0.295. The van der Waals surface area contributed by atoms with E-state index in [9.17, 15) is 9.59 Å². The van der Waals surface area contributed by atoms with Crippen molar-refractivity contribution in [1.82, 2.24) is 9.97 Å². The maximum atomic E-state index is 11.2. The number of halogens is 1. The number of carbonyl (C=O) groups excluding carboxylic acids is 1. The summed E-state index contributed by atoms with van der Waals surface area (Å²) in [5.74, 6) is -0.00404. The molecular weight excluding hydrogens is 266 g/mol. The average Bonchev–Trinajstić information content (AvgIpc) is 2.21. The first-order valence-electron chi connectivity index (χ1n) is 4.07. The Hall–Kier alpha value is -1.37. The van der Waals surface area contributed by atoms with Crippen LogP contribution in [0, 0.1) is 0 Å². The molecule has 15 heavy (non-hydrogen) atoms. The number of aromatic nitrogens is 2. The highest BCUT2D eigenvalue weighted by Gasteiger charge is 2.13. The van der Waals surface area contributed by atoms with E-state index in [0.29, 0.717) is 5.82 Å². The van der Waals surface area contributed by atoms with Crippen LogP contribution in [0.5, 0.6) is 0 Å². The van der Waals surface area contributed by atoms with E-state index in [1.807, 2.05) is 0 Å². The quantitative estimate of drug-likeness (QED) is 0.795. The number of methoxy groups -OCH3 is 1. The maximum Gasteiger partial charge on any atom is 0.325 e. The summed E-state index contributed by atoms with van der Waals surface area (Å²) in [6.07, 6.45) is 1.27. The minimum atomic E-state index is -0.397. The lowest BCUT2D eigenvalue weighted by Crippen LogP contribution is -2.29. The van der Waals surface area contributed by atoms with Gasteiger partial charge in [0.25, 0.3) is 5.56 Å². The monoisotopic (exact) mass is 275 g/mol. The van der Waals surface area contributed by atoms with Crippen LogP contribution < -0.4 is 10.5 Å². The number of ether oxygens (including phenoxy) is 1. The van der Waals surface area contributed by atoms with Gasteiger partial charge in [0, 0.05) is 7.05 Å². The predicted molar refractivity (Wildman–Crippen MR) is 57.8 cm³/mol. The number of likely N-dealkylation sites (N-methyl/N-ethyl adjacent to an activating group) is 1. The first kappa shape index (κ1) is 11.7. The lowest BCUT2D eigenvalue weighted by Gasteiger charge is -2.16. The topological polar surface area (TPSA) is 75.3 Å². The van der Waals surface area contributed by atoms with Gasteiger partial charge in [-0.1, -0.05) is 0 Å². The molecule has 0 spiro atoms. The zero-order valence-electron chi connectivity index (χ0n) is 8.28. The number of H-pyrrole nitrogens is 1. The first-order valence-corrected chi connectivity index (χ1v) is 4.86. The second kappa shape index (κ2) is 4.92. The number of nitrogens with one attached hydrogen (secondary N) is 1. The highest BCUT2D eigenvalue weighted by atomic mass is 79.9. The number of esters is 1. The Bertz CT molecular complexity index is 418. The molecule has 0 aliphatic rings. The van der Waals surface area contributed by atoms with Crippen LogP contribution in [0.15, 0.2) is 15.6 Å². The number of aromatic amines is 1. The number of anilines is 1. The summed E-state index contributed by atoms with van der Waals surface area (Å²) in [6.45, 7) is 0.0333. The van der Waals surface area contributed by atoms with Crippen molar-refractivity contribution in [1.29, 1.82) is 0 Å². The lowest BCUT2D eigenvalue weighted by atomic mass is 10.5. The summed E-state index contributed by atoms with van der Waals surface area (Å²) in [6, 6.07) is 0. The summed E-state index contributed by atoms with van der Waals surface area (Å²) in [4.78, 5) is 30.1. The van der Waals surface area contributed by atoms with Crippen molar-refractivity contribution in [2.45, 2.75) is 0 Å². The normalized spacial score (nSPS) is 9.80. The van der Waals surface area contributed by atoms with Gasteiger partial charge in [0.1, 0.15) is 11.0 Å². The van der Waals surface area contributed by atoms with Crippen molar-refractivity contribution in [2.75, 3.05) is 25.6 Å². The van der Waals surface area contributed by atoms with Crippen LogP contribution in [0.1, 0.15) is 0 Å². The van der Waals surface area contributed by atoms with Gasteiger partial charge in [0.05, 0.1) is 13.4 Å². The number of nitrogens with zero attached hydrogens (tertiary/aromatic N) is 2. The fourth-order valence-electron chi connectivity index (χ4n) is 0.973. The molecule has 1 N–H and O–H groups in total. The van der Waals surface area contributed by atoms with Gasteiger partial charge < -0.3 is 14.6 Å². The Kier molecular flexibility index (Phi) is 3.84. The molecule has 0 saturated heterocycles. The van der Waals surface area contributed by atoms with E-state index < -0.39 is 5.97 Å². The number of carbonyl (C=O) groups is 1. The zero-order chi connectivity index (χ0) is 11.4. The van der Waals surface area contributed by atoms with Gasteiger partial charge in [-0.25, -0.2) is 4.98 Å². The zero-order valence-corrected chi connectivity index (χ0v) is 9.87. The predicted octanol–water partition coefficient (Wildman–Crippen LogP) is 0.142. The third kappa shape index (κ3) is 2.79. The van der Waals surface area contributed by atoms with Gasteiger partial charge in [0.2, 0.25) is 0 Å². The van der Waals surface area contributed by atoms with Gasteiger partial charge in [-0.15, -0.1) is 0 Å². The molecule has 0 fully saturated rings. The molecule has 0 atom stereocenters. The van der Waals surface area contributed by atoms with Crippen molar-refractivity contribution in [3.05, 3.63) is 21.2 Å². The molecule has 0 radical (unpaired) electrons. The van der Waals surface area contributed by atoms with Crippen molar-refractivity contribution in [3.8, 4) is 0 Å².